The van der Waals surface area contributed by atoms with Gasteiger partial charge in [0.1, 0.15) is 18.1 Å². The van der Waals surface area contributed by atoms with Crippen LogP contribution in [0.4, 0.5) is 0 Å². The molecule has 0 aliphatic carbocycles. The fraction of sp³-hybridized carbons (Fsp3) is 0.611. The number of aldehydes is 1. The highest BCUT2D eigenvalue weighted by molar-refractivity contribution is 5.85. The highest BCUT2D eigenvalue weighted by Crippen LogP contribution is 2.31. The molecule has 1 aromatic rings. The van der Waals surface area contributed by atoms with Crippen molar-refractivity contribution in [2.45, 2.75) is 39.5 Å². The van der Waals surface area contributed by atoms with E-state index in [9.17, 15) is 4.79 Å². The average Bonchev–Trinajstić information content (AvgIpc) is 2.56. The number of benzene rings is 1. The summed E-state index contributed by atoms with van der Waals surface area (Å²) >= 11 is 0. The lowest BCUT2D eigenvalue weighted by Gasteiger charge is -2.26. The fourth-order valence-electron chi connectivity index (χ4n) is 2.81. The summed E-state index contributed by atoms with van der Waals surface area (Å²) in [5.41, 5.74) is 1.51. The number of hydrogen-bond acceptors (Lipinski definition) is 4. The van der Waals surface area contributed by atoms with Gasteiger partial charge in [0.25, 0.3) is 0 Å². The molecule has 0 bridgehead atoms. The van der Waals surface area contributed by atoms with Gasteiger partial charge in [-0.3, -0.25) is 9.69 Å². The summed E-state index contributed by atoms with van der Waals surface area (Å²) in [7, 11) is 0. The lowest BCUT2D eigenvalue weighted by Crippen LogP contribution is -2.33. The molecule has 0 N–H and O–H groups in total. The van der Waals surface area contributed by atoms with Crippen LogP contribution < -0.4 is 9.47 Å². The van der Waals surface area contributed by atoms with E-state index in [1.165, 1.54) is 19.3 Å². The van der Waals surface area contributed by atoms with Gasteiger partial charge in [-0.2, -0.15) is 0 Å². The molecule has 130 valence electrons. The van der Waals surface area contributed by atoms with Crippen molar-refractivity contribution < 1.29 is 14.3 Å². The van der Waals surface area contributed by atoms with Gasteiger partial charge in [0, 0.05) is 12.1 Å². The predicted octanol–water partition coefficient (Wildman–Crippen LogP) is 3.88. The number of carbonyl (C=O) groups is 1. The van der Waals surface area contributed by atoms with Crippen molar-refractivity contribution in [2.24, 2.45) is 0 Å². The van der Waals surface area contributed by atoms with Crippen LogP contribution in [0.15, 0.2) is 12.1 Å². The van der Waals surface area contributed by atoms with Gasteiger partial charge in [-0.25, -0.2) is 0 Å². The lowest BCUT2D eigenvalue weighted by molar-refractivity contribution is 0.111. The van der Waals surface area contributed by atoms with Crippen LogP contribution in [0.5, 0.6) is 11.5 Å². The number of halogens is 1. The summed E-state index contributed by atoms with van der Waals surface area (Å²) in [6.07, 6.45) is 5.70. The maximum absolute atomic E-state index is 11.2. The first-order valence-corrected chi connectivity index (χ1v) is 8.33. The number of piperidine rings is 1. The van der Waals surface area contributed by atoms with Gasteiger partial charge in [0.15, 0.2) is 6.29 Å². The molecule has 1 heterocycles. The summed E-state index contributed by atoms with van der Waals surface area (Å²) in [4.78, 5) is 13.7. The van der Waals surface area contributed by atoms with E-state index in [4.69, 9.17) is 9.47 Å². The minimum Gasteiger partial charge on any atom is -0.493 e. The number of likely N-dealkylation sites (tertiary alicyclic amines) is 1. The van der Waals surface area contributed by atoms with Crippen molar-refractivity contribution in [3.63, 3.8) is 0 Å². The lowest BCUT2D eigenvalue weighted by atomic mass is 10.1. The van der Waals surface area contributed by atoms with E-state index >= 15 is 0 Å². The maximum Gasteiger partial charge on any atom is 0.153 e. The van der Waals surface area contributed by atoms with Gasteiger partial charge < -0.3 is 9.47 Å². The van der Waals surface area contributed by atoms with Crippen LogP contribution in [-0.2, 0) is 0 Å². The quantitative estimate of drug-likeness (QED) is 0.672. The van der Waals surface area contributed by atoms with E-state index < -0.39 is 0 Å². The highest BCUT2D eigenvalue weighted by Gasteiger charge is 2.14. The summed E-state index contributed by atoms with van der Waals surface area (Å²) in [6, 6.07) is 3.63. The van der Waals surface area contributed by atoms with Crippen LogP contribution in [0.25, 0.3) is 0 Å². The summed E-state index contributed by atoms with van der Waals surface area (Å²) in [6.45, 7) is 8.54. The topological polar surface area (TPSA) is 38.8 Å². The van der Waals surface area contributed by atoms with E-state index in [0.717, 1.165) is 43.7 Å². The third-order valence-electron chi connectivity index (χ3n) is 4.08. The standard InChI is InChI=1S/C18H27NO3.ClH/c1-3-12-21-17-8-7-16(14-20)18(15(17)2)22-13-11-19-9-5-4-6-10-19;/h7-8,14H,3-6,9-13H2,1-2H3;1H. The van der Waals surface area contributed by atoms with Crippen molar-refractivity contribution in [1.82, 2.24) is 4.90 Å². The van der Waals surface area contributed by atoms with Gasteiger partial charge in [-0.05, 0) is 51.4 Å². The normalized spacial score (nSPS) is 14.9. The molecule has 1 aliphatic heterocycles. The molecule has 1 saturated heterocycles. The number of hydrogen-bond donors (Lipinski definition) is 0. The third kappa shape index (κ3) is 5.70. The average molecular weight is 342 g/mol. The number of rotatable bonds is 8. The Hall–Kier alpha value is -1.26. The zero-order valence-electron chi connectivity index (χ0n) is 14.2. The van der Waals surface area contributed by atoms with Crippen molar-refractivity contribution in [3.05, 3.63) is 23.3 Å². The molecule has 2 rings (SSSR count). The van der Waals surface area contributed by atoms with Gasteiger partial charge in [0.05, 0.1) is 12.2 Å². The summed E-state index contributed by atoms with van der Waals surface area (Å²) in [5, 5.41) is 0. The Balaban J connectivity index is 0.00000264. The zero-order chi connectivity index (χ0) is 15.8. The molecule has 1 aromatic carbocycles. The highest BCUT2D eigenvalue weighted by atomic mass is 35.5. The van der Waals surface area contributed by atoms with Gasteiger partial charge >= 0.3 is 0 Å². The molecule has 5 heteroatoms. The van der Waals surface area contributed by atoms with Crippen molar-refractivity contribution in [1.29, 1.82) is 0 Å². The molecule has 0 unspecified atom stereocenters. The maximum atomic E-state index is 11.2. The van der Waals surface area contributed by atoms with Crippen molar-refractivity contribution in [2.75, 3.05) is 32.8 Å². The molecule has 0 radical (unpaired) electrons. The Labute approximate surface area is 145 Å². The van der Waals surface area contributed by atoms with Crippen LogP contribution in [0.2, 0.25) is 0 Å². The van der Waals surface area contributed by atoms with Crippen LogP contribution in [-0.4, -0.2) is 44.0 Å². The third-order valence-corrected chi connectivity index (χ3v) is 4.08. The minimum atomic E-state index is 0. The molecule has 0 saturated carbocycles. The van der Waals surface area contributed by atoms with Crippen LogP contribution in [0, 0.1) is 6.92 Å². The first-order chi connectivity index (χ1) is 10.8. The van der Waals surface area contributed by atoms with E-state index in [1.807, 2.05) is 13.0 Å². The molecule has 0 spiro atoms. The first-order valence-electron chi connectivity index (χ1n) is 8.33. The monoisotopic (exact) mass is 341 g/mol. The van der Waals surface area contributed by atoms with Crippen LogP contribution in [0.1, 0.15) is 48.5 Å². The molecule has 23 heavy (non-hydrogen) atoms. The Morgan fingerprint density at radius 2 is 1.87 bits per heavy atom. The molecule has 0 atom stereocenters. The Kier molecular flexibility index (Phi) is 9.03. The SMILES string of the molecule is CCCOc1ccc(C=O)c(OCCN2CCCCC2)c1C.Cl. The van der Waals surface area contributed by atoms with Crippen molar-refractivity contribution >= 4 is 18.7 Å². The molecule has 4 nitrogen and oxygen atoms in total. The number of carbonyl (C=O) groups excluding carboxylic acids is 1. The van der Waals surface area contributed by atoms with Gasteiger partial charge in [-0.15, -0.1) is 12.4 Å². The largest absolute Gasteiger partial charge is 0.493 e. The smallest absolute Gasteiger partial charge is 0.153 e. The summed E-state index contributed by atoms with van der Waals surface area (Å²) in [5.74, 6) is 1.47. The predicted molar refractivity (Wildman–Crippen MR) is 95.4 cm³/mol. The Morgan fingerprint density at radius 1 is 1.13 bits per heavy atom. The Bertz CT molecular complexity index is 487. The molecular weight excluding hydrogens is 314 g/mol. The second kappa shape index (κ2) is 10.5. The zero-order valence-corrected chi connectivity index (χ0v) is 15.0. The molecular formula is C18H28ClNO3. The number of ether oxygens (including phenoxy) is 2. The molecule has 0 amide bonds. The summed E-state index contributed by atoms with van der Waals surface area (Å²) < 4.78 is 11.6. The second-order valence-electron chi connectivity index (χ2n) is 5.82. The van der Waals surface area contributed by atoms with E-state index in [1.54, 1.807) is 6.07 Å². The second-order valence-corrected chi connectivity index (χ2v) is 5.82. The minimum absolute atomic E-state index is 0. The van der Waals surface area contributed by atoms with E-state index in [0.29, 0.717) is 24.5 Å². The number of nitrogens with zero attached hydrogens (tertiary/aromatic N) is 1. The van der Waals surface area contributed by atoms with Crippen LogP contribution in [0.3, 0.4) is 0 Å². The Morgan fingerprint density at radius 3 is 2.52 bits per heavy atom. The molecule has 1 fully saturated rings. The fourth-order valence-corrected chi connectivity index (χ4v) is 2.81. The van der Waals surface area contributed by atoms with Gasteiger partial charge in [-0.1, -0.05) is 13.3 Å². The van der Waals surface area contributed by atoms with E-state index in [2.05, 4.69) is 11.8 Å². The van der Waals surface area contributed by atoms with Crippen LogP contribution >= 0.6 is 12.4 Å². The molecule has 1 aliphatic rings. The molecule has 0 aromatic heterocycles. The first kappa shape index (κ1) is 19.8. The van der Waals surface area contributed by atoms with Gasteiger partial charge in [0.2, 0.25) is 0 Å². The van der Waals surface area contributed by atoms with Crippen molar-refractivity contribution in [3.8, 4) is 11.5 Å². The van der Waals surface area contributed by atoms with E-state index in [-0.39, 0.29) is 12.4 Å².